The van der Waals surface area contributed by atoms with E-state index in [0.717, 1.165) is 5.56 Å². The first-order chi connectivity index (χ1) is 10.1. The normalized spacial score (nSPS) is 12.5. The van der Waals surface area contributed by atoms with Gasteiger partial charge in [-0.25, -0.2) is 4.98 Å². The number of hydrogen-bond acceptors (Lipinski definition) is 3. The summed E-state index contributed by atoms with van der Waals surface area (Å²) in [5.41, 5.74) is 2.05. The van der Waals surface area contributed by atoms with E-state index in [1.165, 1.54) is 4.57 Å². The van der Waals surface area contributed by atoms with Crippen molar-refractivity contribution in [1.29, 1.82) is 0 Å². The predicted octanol–water partition coefficient (Wildman–Crippen LogP) is 2.75. The maximum atomic E-state index is 12.9. The summed E-state index contributed by atoms with van der Waals surface area (Å²) in [4.78, 5) is 17.4. The minimum absolute atomic E-state index is 0.153. The molecule has 0 bridgehead atoms. The van der Waals surface area contributed by atoms with Crippen LogP contribution >= 0.6 is 0 Å². The van der Waals surface area contributed by atoms with Crippen molar-refractivity contribution in [3.05, 3.63) is 70.3 Å². The van der Waals surface area contributed by atoms with Crippen LogP contribution in [0.15, 0.2) is 53.3 Å². The number of benzene rings is 2. The van der Waals surface area contributed by atoms with Crippen molar-refractivity contribution in [2.75, 3.05) is 0 Å². The van der Waals surface area contributed by atoms with Gasteiger partial charge < -0.3 is 5.11 Å². The van der Waals surface area contributed by atoms with Crippen LogP contribution in [0.5, 0.6) is 0 Å². The lowest BCUT2D eigenvalue weighted by molar-refractivity contribution is 0.186. The van der Waals surface area contributed by atoms with E-state index in [2.05, 4.69) is 4.98 Å². The maximum Gasteiger partial charge on any atom is 0.266 e. The van der Waals surface area contributed by atoms with Crippen LogP contribution in [0.2, 0.25) is 0 Å². The topological polar surface area (TPSA) is 55.1 Å². The molecule has 0 aliphatic rings. The number of aliphatic hydroxyl groups is 1. The van der Waals surface area contributed by atoms with Gasteiger partial charge in [-0.2, -0.15) is 0 Å². The summed E-state index contributed by atoms with van der Waals surface area (Å²) in [5.74, 6) is 0.351. The summed E-state index contributed by atoms with van der Waals surface area (Å²) in [6.07, 6.45) is -0.831. The lowest BCUT2D eigenvalue weighted by atomic mass is 10.1. The first-order valence-electron chi connectivity index (χ1n) is 6.85. The van der Waals surface area contributed by atoms with Crippen molar-refractivity contribution in [2.45, 2.75) is 20.0 Å². The highest BCUT2D eigenvalue weighted by molar-refractivity contribution is 5.81. The van der Waals surface area contributed by atoms with Crippen LogP contribution in [0.4, 0.5) is 0 Å². The summed E-state index contributed by atoms with van der Waals surface area (Å²) in [5, 5.41) is 10.6. The Balaban J connectivity index is 2.47. The van der Waals surface area contributed by atoms with Crippen LogP contribution < -0.4 is 5.56 Å². The summed E-state index contributed by atoms with van der Waals surface area (Å²) >= 11 is 0. The summed E-state index contributed by atoms with van der Waals surface area (Å²) in [6, 6.07) is 14.8. The first kappa shape index (κ1) is 13.5. The maximum absolute atomic E-state index is 12.9. The quantitative estimate of drug-likeness (QED) is 0.785. The zero-order valence-electron chi connectivity index (χ0n) is 11.9. The molecular weight excluding hydrogens is 264 g/mol. The monoisotopic (exact) mass is 280 g/mol. The second kappa shape index (κ2) is 5.14. The fourth-order valence-electron chi connectivity index (χ4n) is 2.52. The van der Waals surface area contributed by atoms with Gasteiger partial charge in [-0.15, -0.1) is 0 Å². The highest BCUT2D eigenvalue weighted by Crippen LogP contribution is 2.19. The van der Waals surface area contributed by atoms with Crippen molar-refractivity contribution in [1.82, 2.24) is 9.55 Å². The Hall–Kier alpha value is -2.46. The molecule has 0 aliphatic heterocycles. The molecule has 0 radical (unpaired) electrons. The highest BCUT2D eigenvalue weighted by Gasteiger charge is 2.16. The average molecular weight is 280 g/mol. The SMILES string of the molecule is Cc1cccc2nc([C@@H](C)O)n(-c3ccccc3)c(=O)c12. The van der Waals surface area contributed by atoms with Gasteiger partial charge in [0.2, 0.25) is 0 Å². The second-order valence-electron chi connectivity index (χ2n) is 5.09. The van der Waals surface area contributed by atoms with E-state index in [1.54, 1.807) is 13.0 Å². The number of para-hydroxylation sites is 1. The first-order valence-corrected chi connectivity index (χ1v) is 6.85. The number of fused-ring (bicyclic) bond motifs is 1. The molecule has 106 valence electrons. The van der Waals surface area contributed by atoms with E-state index < -0.39 is 6.10 Å². The Kier molecular flexibility index (Phi) is 3.31. The molecule has 0 spiro atoms. The Morgan fingerprint density at radius 1 is 1.10 bits per heavy atom. The van der Waals surface area contributed by atoms with Crippen molar-refractivity contribution in [3.63, 3.8) is 0 Å². The molecule has 0 unspecified atom stereocenters. The van der Waals surface area contributed by atoms with Crippen LogP contribution in [-0.2, 0) is 0 Å². The Labute approximate surface area is 122 Å². The Bertz CT molecular complexity index is 852. The summed E-state index contributed by atoms with van der Waals surface area (Å²) in [6.45, 7) is 3.51. The lowest BCUT2D eigenvalue weighted by Gasteiger charge is -2.16. The van der Waals surface area contributed by atoms with Crippen molar-refractivity contribution in [2.24, 2.45) is 0 Å². The molecule has 0 fully saturated rings. The number of hydrogen-bond donors (Lipinski definition) is 1. The Morgan fingerprint density at radius 2 is 1.81 bits per heavy atom. The van der Waals surface area contributed by atoms with Crippen LogP contribution in [-0.4, -0.2) is 14.7 Å². The molecule has 0 amide bonds. The van der Waals surface area contributed by atoms with Crippen LogP contribution in [0.3, 0.4) is 0 Å². The van der Waals surface area contributed by atoms with E-state index in [9.17, 15) is 9.90 Å². The van der Waals surface area contributed by atoms with Crippen molar-refractivity contribution >= 4 is 10.9 Å². The van der Waals surface area contributed by atoms with E-state index in [-0.39, 0.29) is 5.56 Å². The van der Waals surface area contributed by atoms with Crippen LogP contribution in [0.25, 0.3) is 16.6 Å². The largest absolute Gasteiger partial charge is 0.385 e. The fourth-order valence-corrected chi connectivity index (χ4v) is 2.52. The lowest BCUT2D eigenvalue weighted by Crippen LogP contribution is -2.25. The van der Waals surface area contributed by atoms with Gasteiger partial charge in [0.25, 0.3) is 5.56 Å². The standard InChI is InChI=1S/C17H16N2O2/c1-11-7-6-10-14-15(11)17(21)19(16(18-14)12(2)20)13-8-4-3-5-9-13/h3-10,12,20H,1-2H3/t12-/m1/s1. The van der Waals surface area contributed by atoms with E-state index in [0.29, 0.717) is 22.4 Å². The van der Waals surface area contributed by atoms with Gasteiger partial charge in [0.15, 0.2) is 0 Å². The molecular formula is C17H16N2O2. The second-order valence-corrected chi connectivity index (χ2v) is 5.09. The minimum Gasteiger partial charge on any atom is -0.385 e. The van der Waals surface area contributed by atoms with E-state index >= 15 is 0 Å². The zero-order chi connectivity index (χ0) is 15.0. The molecule has 0 aliphatic carbocycles. The molecule has 1 N–H and O–H groups in total. The molecule has 3 aromatic rings. The van der Waals surface area contributed by atoms with Gasteiger partial charge in [-0.1, -0.05) is 30.3 Å². The molecule has 0 saturated heterocycles. The molecule has 1 atom stereocenters. The van der Waals surface area contributed by atoms with Gasteiger partial charge in [0.1, 0.15) is 11.9 Å². The van der Waals surface area contributed by atoms with Gasteiger partial charge in [-0.05, 0) is 37.6 Å². The summed E-state index contributed by atoms with van der Waals surface area (Å²) < 4.78 is 1.49. The summed E-state index contributed by atoms with van der Waals surface area (Å²) in [7, 11) is 0. The minimum atomic E-state index is -0.831. The Morgan fingerprint density at radius 3 is 2.48 bits per heavy atom. The van der Waals surface area contributed by atoms with Crippen molar-refractivity contribution < 1.29 is 5.11 Å². The molecule has 2 aromatic carbocycles. The van der Waals surface area contributed by atoms with Crippen LogP contribution in [0.1, 0.15) is 24.4 Å². The highest BCUT2D eigenvalue weighted by atomic mass is 16.3. The van der Waals surface area contributed by atoms with E-state index in [1.807, 2.05) is 49.4 Å². The average Bonchev–Trinajstić information content (AvgIpc) is 2.47. The van der Waals surface area contributed by atoms with E-state index in [4.69, 9.17) is 0 Å². The van der Waals surface area contributed by atoms with Gasteiger partial charge in [0.05, 0.1) is 16.6 Å². The van der Waals surface area contributed by atoms with Gasteiger partial charge >= 0.3 is 0 Å². The molecule has 0 saturated carbocycles. The fraction of sp³-hybridized carbons (Fsp3) is 0.176. The molecule has 1 heterocycles. The predicted molar refractivity (Wildman–Crippen MR) is 82.7 cm³/mol. The smallest absolute Gasteiger partial charge is 0.266 e. The molecule has 21 heavy (non-hydrogen) atoms. The molecule has 4 nitrogen and oxygen atoms in total. The number of aliphatic hydroxyl groups excluding tert-OH is 1. The third-order valence-electron chi connectivity index (χ3n) is 3.52. The van der Waals surface area contributed by atoms with Gasteiger partial charge in [0, 0.05) is 0 Å². The third-order valence-corrected chi connectivity index (χ3v) is 3.52. The van der Waals surface area contributed by atoms with Crippen molar-refractivity contribution in [3.8, 4) is 5.69 Å². The van der Waals surface area contributed by atoms with Crippen LogP contribution in [0, 0.1) is 6.92 Å². The zero-order valence-corrected chi connectivity index (χ0v) is 11.9. The number of nitrogens with zero attached hydrogens (tertiary/aromatic N) is 2. The molecule has 1 aromatic heterocycles. The molecule has 4 heteroatoms. The number of rotatable bonds is 2. The third kappa shape index (κ3) is 2.23. The van der Waals surface area contributed by atoms with Gasteiger partial charge in [-0.3, -0.25) is 9.36 Å². The molecule has 3 rings (SSSR count). The number of aryl methyl sites for hydroxylation is 1. The number of aromatic nitrogens is 2.